The standard InChI is InChI=1S/C13H8F2O3/c14-9-2-1-3-10(15)13(9)11-6-4-8(18-11)5-7-12(16)17/h1-7H,(H,16,17). The monoisotopic (exact) mass is 250 g/mol. The van der Waals surface area contributed by atoms with Crippen LogP contribution in [0.5, 0.6) is 0 Å². The van der Waals surface area contributed by atoms with Gasteiger partial charge in [-0.3, -0.25) is 0 Å². The van der Waals surface area contributed by atoms with Crippen LogP contribution in [0.1, 0.15) is 5.76 Å². The van der Waals surface area contributed by atoms with E-state index >= 15 is 0 Å². The van der Waals surface area contributed by atoms with Crippen LogP contribution in [0.3, 0.4) is 0 Å². The lowest BCUT2D eigenvalue weighted by atomic mass is 10.1. The second-order valence-electron chi connectivity index (χ2n) is 3.47. The minimum Gasteiger partial charge on any atom is -0.478 e. The Balaban J connectivity index is 2.38. The number of rotatable bonds is 3. The van der Waals surface area contributed by atoms with Crippen molar-refractivity contribution in [2.75, 3.05) is 0 Å². The third kappa shape index (κ3) is 2.45. The van der Waals surface area contributed by atoms with E-state index < -0.39 is 17.6 Å². The first-order valence-electron chi connectivity index (χ1n) is 5.03. The SMILES string of the molecule is O=C(O)C=Cc1ccc(-c2c(F)cccc2F)o1. The lowest BCUT2D eigenvalue weighted by Crippen LogP contribution is -1.87. The maximum atomic E-state index is 13.4. The summed E-state index contributed by atoms with van der Waals surface area (Å²) in [5, 5.41) is 8.44. The third-order valence-corrected chi connectivity index (χ3v) is 2.23. The van der Waals surface area contributed by atoms with Crippen LogP contribution in [0, 0.1) is 11.6 Å². The number of furan rings is 1. The largest absolute Gasteiger partial charge is 0.478 e. The van der Waals surface area contributed by atoms with Crippen LogP contribution in [0.25, 0.3) is 17.4 Å². The summed E-state index contributed by atoms with van der Waals surface area (Å²) in [6.07, 6.45) is 2.07. The summed E-state index contributed by atoms with van der Waals surface area (Å²) in [6, 6.07) is 6.30. The zero-order valence-corrected chi connectivity index (χ0v) is 9.06. The van der Waals surface area contributed by atoms with Crippen molar-refractivity contribution in [3.05, 3.63) is 53.8 Å². The van der Waals surface area contributed by atoms with Gasteiger partial charge in [0.25, 0.3) is 0 Å². The number of aliphatic carboxylic acids is 1. The summed E-state index contributed by atoms with van der Waals surface area (Å²) in [6.45, 7) is 0. The lowest BCUT2D eigenvalue weighted by molar-refractivity contribution is -0.131. The minimum atomic E-state index is -1.13. The first-order valence-corrected chi connectivity index (χ1v) is 5.03. The molecule has 0 aliphatic heterocycles. The fraction of sp³-hybridized carbons (Fsp3) is 0. The number of hydrogen-bond acceptors (Lipinski definition) is 2. The van der Waals surface area contributed by atoms with Crippen molar-refractivity contribution in [3.8, 4) is 11.3 Å². The molecule has 1 aromatic carbocycles. The van der Waals surface area contributed by atoms with Crippen molar-refractivity contribution in [1.29, 1.82) is 0 Å². The summed E-state index contributed by atoms with van der Waals surface area (Å²) in [5.41, 5.74) is -0.271. The van der Waals surface area contributed by atoms with Crippen molar-refractivity contribution in [3.63, 3.8) is 0 Å². The highest BCUT2D eigenvalue weighted by Gasteiger charge is 2.14. The molecule has 0 spiro atoms. The van der Waals surface area contributed by atoms with Gasteiger partial charge in [0, 0.05) is 6.08 Å². The Labute approximate surface area is 101 Å². The zero-order chi connectivity index (χ0) is 13.1. The third-order valence-electron chi connectivity index (χ3n) is 2.23. The predicted molar refractivity (Wildman–Crippen MR) is 60.7 cm³/mol. The molecule has 18 heavy (non-hydrogen) atoms. The molecule has 2 aromatic rings. The Morgan fingerprint density at radius 1 is 1.17 bits per heavy atom. The van der Waals surface area contributed by atoms with Crippen molar-refractivity contribution >= 4 is 12.0 Å². The van der Waals surface area contributed by atoms with Gasteiger partial charge in [-0.25, -0.2) is 13.6 Å². The van der Waals surface area contributed by atoms with Crippen LogP contribution in [0.2, 0.25) is 0 Å². The minimum absolute atomic E-state index is 0.00985. The van der Waals surface area contributed by atoms with E-state index in [0.29, 0.717) is 0 Å². The van der Waals surface area contributed by atoms with Gasteiger partial charge in [-0.1, -0.05) is 6.07 Å². The molecule has 5 heteroatoms. The Morgan fingerprint density at radius 2 is 1.83 bits per heavy atom. The molecule has 0 amide bonds. The molecule has 1 N–H and O–H groups in total. The first-order chi connectivity index (χ1) is 8.58. The normalized spacial score (nSPS) is 11.0. The molecule has 0 fully saturated rings. The Kier molecular flexibility index (Phi) is 3.23. The Bertz CT molecular complexity index is 594. The van der Waals surface area contributed by atoms with E-state index in [2.05, 4.69) is 0 Å². The van der Waals surface area contributed by atoms with Crippen LogP contribution >= 0.6 is 0 Å². The van der Waals surface area contributed by atoms with Crippen molar-refractivity contribution < 1.29 is 23.1 Å². The molecule has 0 saturated heterocycles. The van der Waals surface area contributed by atoms with Gasteiger partial charge in [-0.15, -0.1) is 0 Å². The molecule has 1 heterocycles. The van der Waals surface area contributed by atoms with Gasteiger partial charge in [0.2, 0.25) is 0 Å². The molecule has 0 unspecified atom stereocenters. The Hall–Kier alpha value is -2.43. The summed E-state index contributed by atoms with van der Waals surface area (Å²) >= 11 is 0. The van der Waals surface area contributed by atoms with Crippen LogP contribution in [0.15, 0.2) is 40.8 Å². The van der Waals surface area contributed by atoms with Crippen LogP contribution in [0.4, 0.5) is 8.78 Å². The molecular formula is C13H8F2O3. The molecule has 2 rings (SSSR count). The summed E-state index contributed by atoms with van der Waals surface area (Å²) in [5.74, 6) is -2.40. The van der Waals surface area contributed by atoms with E-state index in [-0.39, 0.29) is 17.1 Å². The predicted octanol–water partition coefficient (Wildman–Crippen LogP) is 3.32. The van der Waals surface area contributed by atoms with Gasteiger partial charge >= 0.3 is 5.97 Å². The number of carbonyl (C=O) groups is 1. The van der Waals surface area contributed by atoms with Gasteiger partial charge in [-0.05, 0) is 30.3 Å². The maximum absolute atomic E-state index is 13.4. The van der Waals surface area contributed by atoms with Gasteiger partial charge in [0.1, 0.15) is 23.2 Å². The first kappa shape index (κ1) is 12.0. The summed E-state index contributed by atoms with van der Waals surface area (Å²) in [7, 11) is 0. The molecule has 0 atom stereocenters. The topological polar surface area (TPSA) is 50.4 Å². The summed E-state index contributed by atoms with van der Waals surface area (Å²) in [4.78, 5) is 10.3. The van der Waals surface area contributed by atoms with Gasteiger partial charge in [-0.2, -0.15) is 0 Å². The highest BCUT2D eigenvalue weighted by molar-refractivity contribution is 5.84. The number of halogens is 2. The van der Waals surface area contributed by atoms with Crippen LogP contribution in [-0.2, 0) is 4.79 Å². The van der Waals surface area contributed by atoms with Gasteiger partial charge in [0.15, 0.2) is 0 Å². The lowest BCUT2D eigenvalue weighted by Gasteiger charge is -2.00. The highest BCUT2D eigenvalue weighted by atomic mass is 19.1. The molecule has 0 aliphatic rings. The number of carboxylic acids is 1. The zero-order valence-electron chi connectivity index (χ0n) is 9.06. The molecule has 0 radical (unpaired) electrons. The number of benzene rings is 1. The molecule has 92 valence electrons. The molecule has 0 bridgehead atoms. The van der Waals surface area contributed by atoms with E-state index in [1.54, 1.807) is 0 Å². The van der Waals surface area contributed by atoms with Gasteiger partial charge < -0.3 is 9.52 Å². The quantitative estimate of drug-likeness (QED) is 0.850. The average molecular weight is 250 g/mol. The van der Waals surface area contributed by atoms with E-state index in [1.807, 2.05) is 0 Å². The fourth-order valence-electron chi connectivity index (χ4n) is 1.46. The molecule has 0 aliphatic carbocycles. The Morgan fingerprint density at radius 3 is 2.44 bits per heavy atom. The molecular weight excluding hydrogens is 242 g/mol. The van der Waals surface area contributed by atoms with E-state index in [9.17, 15) is 13.6 Å². The second-order valence-corrected chi connectivity index (χ2v) is 3.47. The molecule has 0 saturated carbocycles. The highest BCUT2D eigenvalue weighted by Crippen LogP contribution is 2.27. The molecule has 3 nitrogen and oxygen atoms in total. The fourth-order valence-corrected chi connectivity index (χ4v) is 1.46. The van der Waals surface area contributed by atoms with E-state index in [0.717, 1.165) is 18.2 Å². The van der Waals surface area contributed by atoms with E-state index in [1.165, 1.54) is 24.3 Å². The average Bonchev–Trinajstić information content (AvgIpc) is 2.75. The van der Waals surface area contributed by atoms with Crippen LogP contribution in [-0.4, -0.2) is 11.1 Å². The summed E-state index contributed by atoms with van der Waals surface area (Å²) < 4.78 is 32.0. The van der Waals surface area contributed by atoms with Gasteiger partial charge in [0.05, 0.1) is 5.56 Å². The molecule has 1 aromatic heterocycles. The van der Waals surface area contributed by atoms with Crippen molar-refractivity contribution in [2.24, 2.45) is 0 Å². The van der Waals surface area contributed by atoms with Crippen LogP contribution < -0.4 is 0 Å². The number of carboxylic acid groups (broad SMARTS) is 1. The van der Waals surface area contributed by atoms with E-state index in [4.69, 9.17) is 9.52 Å². The van der Waals surface area contributed by atoms with Crippen molar-refractivity contribution in [1.82, 2.24) is 0 Å². The van der Waals surface area contributed by atoms with Crippen molar-refractivity contribution in [2.45, 2.75) is 0 Å². The smallest absolute Gasteiger partial charge is 0.328 e. The maximum Gasteiger partial charge on any atom is 0.328 e. The number of hydrogen-bond donors (Lipinski definition) is 1. The second kappa shape index (κ2) is 4.83.